The largest absolute Gasteiger partial charge is 0.288 e. The van der Waals surface area contributed by atoms with Crippen molar-refractivity contribution in [3.05, 3.63) is 75.8 Å². The average molecular weight is 261 g/mol. The van der Waals surface area contributed by atoms with Crippen LogP contribution in [0.25, 0.3) is 0 Å². The van der Waals surface area contributed by atoms with Crippen molar-refractivity contribution in [1.82, 2.24) is 0 Å². The summed E-state index contributed by atoms with van der Waals surface area (Å²) in [6, 6.07) is 14.5. The molecule has 0 heterocycles. The van der Waals surface area contributed by atoms with E-state index in [0.717, 1.165) is 0 Å². The first-order valence-corrected chi connectivity index (χ1v) is 5.03. The van der Waals surface area contributed by atoms with E-state index in [9.17, 15) is 14.9 Å². The molecule has 0 radical (unpaired) electrons. The van der Waals surface area contributed by atoms with Crippen molar-refractivity contribution in [2.75, 3.05) is 0 Å². The van der Waals surface area contributed by atoms with Gasteiger partial charge in [0.25, 0.3) is 5.69 Å². The highest BCUT2D eigenvalue weighted by Gasteiger charge is 2.19. The third-order valence-electron chi connectivity index (χ3n) is 2.38. The average Bonchev–Trinajstić information content (AvgIpc) is 2.39. The number of hydrogen-bond acceptors (Lipinski definition) is 3. The molecule has 2 aromatic carbocycles. The van der Waals surface area contributed by atoms with Gasteiger partial charge in [-0.2, -0.15) is 13.5 Å². The normalized spacial score (nSPS) is 9.33. The quantitative estimate of drug-likeness (QED) is 0.485. The summed E-state index contributed by atoms with van der Waals surface area (Å²) in [6.45, 7) is 0. The fourth-order valence-electron chi connectivity index (χ4n) is 1.57. The number of para-hydroxylation sites is 1. The van der Waals surface area contributed by atoms with Gasteiger partial charge in [-0.25, -0.2) is 0 Å². The minimum Gasteiger partial charge on any atom is -0.288 e. The standard InChI is InChI=1S/C13H9NO3.H2S/c15-13(10-6-2-1-3-7-10)11-8-4-5-9-12(11)14(16)17;/h1-9H;1H2. The number of nitrogens with zero attached hydrogens (tertiary/aromatic N) is 1. The number of ketones is 1. The molecule has 0 aliphatic rings. The van der Waals surface area contributed by atoms with Crippen LogP contribution in [0.3, 0.4) is 0 Å². The van der Waals surface area contributed by atoms with Crippen LogP contribution in [-0.4, -0.2) is 10.7 Å². The maximum absolute atomic E-state index is 12.1. The molecule has 0 atom stereocenters. The molecule has 18 heavy (non-hydrogen) atoms. The SMILES string of the molecule is O=C(c1ccccc1)c1ccccc1[N+](=O)[O-].S. The molecule has 5 heteroatoms. The van der Waals surface area contributed by atoms with Crippen LogP contribution in [0.1, 0.15) is 15.9 Å². The number of rotatable bonds is 3. The lowest BCUT2D eigenvalue weighted by Crippen LogP contribution is -2.04. The van der Waals surface area contributed by atoms with Crippen LogP contribution < -0.4 is 0 Å². The fraction of sp³-hybridized carbons (Fsp3) is 0. The van der Waals surface area contributed by atoms with Crippen LogP contribution in [0.2, 0.25) is 0 Å². The Morgan fingerprint density at radius 3 is 2.11 bits per heavy atom. The van der Waals surface area contributed by atoms with Crippen LogP contribution in [-0.2, 0) is 0 Å². The first kappa shape index (κ1) is 13.9. The van der Waals surface area contributed by atoms with Crippen LogP contribution in [0.15, 0.2) is 54.6 Å². The van der Waals surface area contributed by atoms with Gasteiger partial charge in [-0.1, -0.05) is 42.5 Å². The Morgan fingerprint density at radius 1 is 0.944 bits per heavy atom. The Morgan fingerprint density at radius 2 is 1.50 bits per heavy atom. The van der Waals surface area contributed by atoms with E-state index in [1.54, 1.807) is 42.5 Å². The molecule has 2 rings (SSSR count). The highest BCUT2D eigenvalue weighted by atomic mass is 32.1. The molecule has 0 saturated heterocycles. The second-order valence-electron chi connectivity index (χ2n) is 3.47. The van der Waals surface area contributed by atoms with Gasteiger partial charge in [0.2, 0.25) is 0 Å². The van der Waals surface area contributed by atoms with E-state index in [-0.39, 0.29) is 30.5 Å². The summed E-state index contributed by atoms with van der Waals surface area (Å²) in [5, 5.41) is 10.8. The number of nitro benzene ring substituents is 1. The smallest absolute Gasteiger partial charge is 0.280 e. The van der Waals surface area contributed by atoms with E-state index < -0.39 is 4.92 Å². The molecule has 0 aromatic heterocycles. The first-order valence-electron chi connectivity index (χ1n) is 5.03. The van der Waals surface area contributed by atoms with Crippen molar-refractivity contribution in [3.8, 4) is 0 Å². The van der Waals surface area contributed by atoms with Crippen LogP contribution in [0.4, 0.5) is 5.69 Å². The molecule has 0 fully saturated rings. The van der Waals surface area contributed by atoms with E-state index in [4.69, 9.17) is 0 Å². The summed E-state index contributed by atoms with van der Waals surface area (Å²) < 4.78 is 0. The minimum atomic E-state index is -0.545. The second kappa shape index (κ2) is 5.97. The molecule has 0 bridgehead atoms. The van der Waals surface area contributed by atoms with Gasteiger partial charge >= 0.3 is 0 Å². The summed E-state index contributed by atoms with van der Waals surface area (Å²) >= 11 is 0. The van der Waals surface area contributed by atoms with Crippen molar-refractivity contribution in [2.45, 2.75) is 0 Å². The fourth-order valence-corrected chi connectivity index (χ4v) is 1.57. The molecular weight excluding hydrogens is 250 g/mol. The lowest BCUT2D eigenvalue weighted by molar-refractivity contribution is -0.385. The van der Waals surface area contributed by atoms with Gasteiger partial charge in [-0.15, -0.1) is 0 Å². The van der Waals surface area contributed by atoms with E-state index in [2.05, 4.69) is 0 Å². The molecule has 2 aromatic rings. The van der Waals surface area contributed by atoms with E-state index in [1.165, 1.54) is 12.1 Å². The Bertz CT molecular complexity index is 569. The predicted molar refractivity (Wildman–Crippen MR) is 73.4 cm³/mol. The number of carbonyl (C=O) groups excluding carboxylic acids is 1. The molecule has 92 valence electrons. The molecule has 4 nitrogen and oxygen atoms in total. The molecular formula is C13H11NO3S. The molecule has 0 aliphatic carbocycles. The Kier molecular flexibility index (Phi) is 4.62. The van der Waals surface area contributed by atoms with Crippen molar-refractivity contribution < 1.29 is 9.72 Å². The number of benzene rings is 2. The van der Waals surface area contributed by atoms with Gasteiger partial charge in [-0.05, 0) is 6.07 Å². The van der Waals surface area contributed by atoms with Crippen LogP contribution >= 0.6 is 13.5 Å². The van der Waals surface area contributed by atoms with Gasteiger partial charge in [0.15, 0.2) is 5.78 Å². The first-order chi connectivity index (χ1) is 8.20. The monoisotopic (exact) mass is 261 g/mol. The van der Waals surface area contributed by atoms with Gasteiger partial charge in [0, 0.05) is 11.6 Å². The van der Waals surface area contributed by atoms with E-state index >= 15 is 0 Å². The van der Waals surface area contributed by atoms with Gasteiger partial charge < -0.3 is 0 Å². The predicted octanol–water partition coefficient (Wildman–Crippen LogP) is 2.94. The van der Waals surface area contributed by atoms with Crippen molar-refractivity contribution in [3.63, 3.8) is 0 Å². The Hall–Kier alpha value is -2.14. The zero-order valence-corrected chi connectivity index (χ0v) is 10.4. The van der Waals surface area contributed by atoms with Crippen molar-refractivity contribution in [1.29, 1.82) is 0 Å². The number of nitro groups is 1. The Labute approximate surface area is 111 Å². The summed E-state index contributed by atoms with van der Waals surface area (Å²) in [7, 11) is 0. The van der Waals surface area contributed by atoms with Crippen LogP contribution in [0.5, 0.6) is 0 Å². The number of hydrogen-bond donors (Lipinski definition) is 0. The van der Waals surface area contributed by atoms with Gasteiger partial charge in [-0.3, -0.25) is 14.9 Å². The summed E-state index contributed by atoms with van der Waals surface area (Å²) in [4.78, 5) is 22.3. The number of carbonyl (C=O) groups is 1. The van der Waals surface area contributed by atoms with Crippen LogP contribution in [0, 0.1) is 10.1 Å². The maximum Gasteiger partial charge on any atom is 0.280 e. The lowest BCUT2D eigenvalue weighted by Gasteiger charge is -2.01. The summed E-state index contributed by atoms with van der Waals surface area (Å²) in [5.74, 6) is -0.335. The zero-order chi connectivity index (χ0) is 12.3. The zero-order valence-electron chi connectivity index (χ0n) is 9.37. The minimum absolute atomic E-state index is 0. The molecule has 0 spiro atoms. The molecule has 0 saturated carbocycles. The third kappa shape index (κ3) is 2.75. The maximum atomic E-state index is 12.1. The van der Waals surface area contributed by atoms with Crippen molar-refractivity contribution in [2.24, 2.45) is 0 Å². The summed E-state index contributed by atoms with van der Waals surface area (Å²) in [5.41, 5.74) is 0.395. The topological polar surface area (TPSA) is 60.2 Å². The Balaban J connectivity index is 0.00000162. The molecule has 0 amide bonds. The molecule has 0 N–H and O–H groups in total. The van der Waals surface area contributed by atoms with Crippen molar-refractivity contribution >= 4 is 25.0 Å². The van der Waals surface area contributed by atoms with Gasteiger partial charge in [0.05, 0.1) is 4.92 Å². The van der Waals surface area contributed by atoms with Gasteiger partial charge in [0.1, 0.15) is 5.56 Å². The second-order valence-corrected chi connectivity index (χ2v) is 3.47. The highest BCUT2D eigenvalue weighted by Crippen LogP contribution is 2.20. The highest BCUT2D eigenvalue weighted by molar-refractivity contribution is 7.59. The molecule has 0 unspecified atom stereocenters. The molecule has 0 aliphatic heterocycles. The summed E-state index contributed by atoms with van der Waals surface area (Å²) in [6.07, 6.45) is 0. The van der Waals surface area contributed by atoms with E-state index in [0.29, 0.717) is 5.56 Å². The third-order valence-corrected chi connectivity index (χ3v) is 2.38. The van der Waals surface area contributed by atoms with E-state index in [1.807, 2.05) is 0 Å². The lowest BCUT2D eigenvalue weighted by atomic mass is 10.0.